The van der Waals surface area contributed by atoms with Crippen LogP contribution < -0.4 is 9.47 Å². The number of hydrogen-bond donors (Lipinski definition) is 2. The third kappa shape index (κ3) is 1.56. The van der Waals surface area contributed by atoms with Gasteiger partial charge in [-0.15, -0.1) is 0 Å². The van der Waals surface area contributed by atoms with Gasteiger partial charge in [-0.3, -0.25) is 0 Å². The molecule has 1 aliphatic rings. The lowest BCUT2D eigenvalue weighted by Crippen LogP contribution is -2.11. The fourth-order valence-electron chi connectivity index (χ4n) is 1.65. The summed E-state index contributed by atoms with van der Waals surface area (Å²) in [5.41, 5.74) is -0.438. The molecule has 2 rings (SSSR count). The van der Waals surface area contributed by atoms with E-state index in [0.29, 0.717) is 23.5 Å². The van der Waals surface area contributed by atoms with Crippen LogP contribution in [0.25, 0.3) is 0 Å². The molecule has 15 heavy (non-hydrogen) atoms. The zero-order valence-electron chi connectivity index (χ0n) is 8.73. The Kier molecular flexibility index (Phi) is 2.32. The van der Waals surface area contributed by atoms with Crippen molar-refractivity contribution < 1.29 is 19.7 Å². The van der Waals surface area contributed by atoms with Gasteiger partial charge in [-0.1, -0.05) is 6.07 Å². The van der Waals surface area contributed by atoms with Crippen LogP contribution >= 0.6 is 0 Å². The van der Waals surface area contributed by atoms with E-state index in [1.54, 1.807) is 25.3 Å². The molecule has 1 fully saturated rings. The van der Waals surface area contributed by atoms with E-state index in [1.807, 2.05) is 0 Å². The molecule has 2 N–H and O–H groups in total. The highest BCUT2D eigenvalue weighted by Crippen LogP contribution is 2.47. The largest absolute Gasteiger partial charge is 0.493 e. The molecule has 1 aromatic rings. The van der Waals surface area contributed by atoms with Crippen molar-refractivity contribution in [3.05, 3.63) is 23.8 Å². The minimum Gasteiger partial charge on any atom is -0.493 e. The van der Waals surface area contributed by atoms with Crippen LogP contribution in [0, 0.1) is 0 Å². The molecule has 1 aliphatic carbocycles. The van der Waals surface area contributed by atoms with Crippen LogP contribution in [0.1, 0.15) is 12.0 Å². The molecule has 0 saturated heterocycles. The summed E-state index contributed by atoms with van der Waals surface area (Å²) in [7, 11) is 3.09. The molecule has 1 saturated carbocycles. The van der Waals surface area contributed by atoms with Gasteiger partial charge in [0, 0.05) is 6.42 Å². The number of benzene rings is 1. The summed E-state index contributed by atoms with van der Waals surface area (Å²) in [4.78, 5) is 0. The number of methoxy groups -OCH3 is 2. The Hall–Kier alpha value is -1.26. The molecule has 0 heterocycles. The van der Waals surface area contributed by atoms with E-state index in [-0.39, 0.29) is 0 Å². The Labute approximate surface area is 88.1 Å². The van der Waals surface area contributed by atoms with Crippen molar-refractivity contribution in [2.75, 3.05) is 14.2 Å². The van der Waals surface area contributed by atoms with Gasteiger partial charge in [0.2, 0.25) is 0 Å². The monoisotopic (exact) mass is 210 g/mol. The minimum atomic E-state index is -1.10. The summed E-state index contributed by atoms with van der Waals surface area (Å²) >= 11 is 0. The summed E-state index contributed by atoms with van der Waals surface area (Å²) < 4.78 is 10.2. The van der Waals surface area contributed by atoms with Crippen molar-refractivity contribution in [1.82, 2.24) is 0 Å². The molecule has 0 radical (unpaired) electrons. The minimum absolute atomic E-state index is 0.377. The van der Waals surface area contributed by atoms with E-state index < -0.39 is 11.7 Å². The Balaban J connectivity index is 2.36. The van der Waals surface area contributed by atoms with Gasteiger partial charge >= 0.3 is 0 Å². The maximum absolute atomic E-state index is 9.91. The average molecular weight is 210 g/mol. The lowest BCUT2D eigenvalue weighted by molar-refractivity contribution is 0.0846. The number of aliphatic hydroxyl groups is 2. The third-order valence-corrected chi connectivity index (χ3v) is 2.78. The van der Waals surface area contributed by atoms with Gasteiger partial charge in [0.15, 0.2) is 11.5 Å². The highest BCUT2D eigenvalue weighted by atomic mass is 16.5. The van der Waals surface area contributed by atoms with E-state index in [0.717, 1.165) is 0 Å². The highest BCUT2D eigenvalue weighted by molar-refractivity contribution is 5.46. The Morgan fingerprint density at radius 2 is 1.87 bits per heavy atom. The highest BCUT2D eigenvalue weighted by Gasteiger charge is 2.53. The predicted octanol–water partition coefficient (Wildman–Crippen LogP) is 0.656. The molecule has 0 aliphatic heterocycles. The first-order valence-electron chi connectivity index (χ1n) is 4.75. The standard InChI is InChI=1S/C11H14O4/c1-14-8-4-3-7(5-9(8)15-2)11(13)6-10(11)12/h3-5,10,12-13H,6H2,1-2H3. The average Bonchev–Trinajstić information content (AvgIpc) is 2.87. The molecular weight excluding hydrogens is 196 g/mol. The topological polar surface area (TPSA) is 58.9 Å². The molecular formula is C11H14O4. The van der Waals surface area contributed by atoms with Gasteiger partial charge in [0.25, 0.3) is 0 Å². The molecule has 2 unspecified atom stereocenters. The van der Waals surface area contributed by atoms with Crippen molar-refractivity contribution in [1.29, 1.82) is 0 Å². The number of rotatable bonds is 3. The molecule has 0 bridgehead atoms. The van der Waals surface area contributed by atoms with Crippen LogP contribution in [-0.2, 0) is 5.60 Å². The summed E-state index contributed by atoms with van der Waals surface area (Å²) in [6.45, 7) is 0. The second-order valence-electron chi connectivity index (χ2n) is 3.71. The second kappa shape index (κ2) is 3.40. The molecule has 4 heteroatoms. The van der Waals surface area contributed by atoms with Crippen LogP contribution in [0.15, 0.2) is 18.2 Å². The zero-order valence-corrected chi connectivity index (χ0v) is 8.73. The Morgan fingerprint density at radius 1 is 1.27 bits per heavy atom. The summed E-state index contributed by atoms with van der Waals surface area (Å²) in [5, 5.41) is 19.2. The molecule has 0 aromatic heterocycles. The predicted molar refractivity (Wildman–Crippen MR) is 54.1 cm³/mol. The lowest BCUT2D eigenvalue weighted by Gasteiger charge is -2.13. The first kappa shape index (κ1) is 10.3. The number of aliphatic hydroxyl groups excluding tert-OH is 1. The molecule has 1 aromatic carbocycles. The van der Waals surface area contributed by atoms with Crippen molar-refractivity contribution in [3.63, 3.8) is 0 Å². The fraction of sp³-hybridized carbons (Fsp3) is 0.455. The number of ether oxygens (including phenoxy) is 2. The Morgan fingerprint density at radius 3 is 2.33 bits per heavy atom. The smallest absolute Gasteiger partial charge is 0.161 e. The van der Waals surface area contributed by atoms with Gasteiger partial charge in [0.05, 0.1) is 20.3 Å². The van der Waals surface area contributed by atoms with Crippen molar-refractivity contribution in [2.24, 2.45) is 0 Å². The van der Waals surface area contributed by atoms with E-state index in [9.17, 15) is 10.2 Å². The van der Waals surface area contributed by atoms with E-state index in [2.05, 4.69) is 0 Å². The van der Waals surface area contributed by atoms with Crippen LogP contribution in [0.5, 0.6) is 11.5 Å². The molecule has 0 amide bonds. The maximum atomic E-state index is 9.91. The normalized spacial score (nSPS) is 28.7. The van der Waals surface area contributed by atoms with Crippen LogP contribution in [-0.4, -0.2) is 30.5 Å². The quantitative estimate of drug-likeness (QED) is 0.769. The summed E-state index contributed by atoms with van der Waals surface area (Å²) in [5.74, 6) is 1.17. The van der Waals surface area contributed by atoms with E-state index >= 15 is 0 Å². The van der Waals surface area contributed by atoms with Gasteiger partial charge < -0.3 is 19.7 Å². The van der Waals surface area contributed by atoms with Gasteiger partial charge in [-0.2, -0.15) is 0 Å². The lowest BCUT2D eigenvalue weighted by atomic mass is 10.1. The molecule has 82 valence electrons. The van der Waals surface area contributed by atoms with Crippen LogP contribution in [0.2, 0.25) is 0 Å². The van der Waals surface area contributed by atoms with E-state index in [4.69, 9.17) is 9.47 Å². The maximum Gasteiger partial charge on any atom is 0.161 e. The zero-order chi connectivity index (χ0) is 11.1. The van der Waals surface area contributed by atoms with Crippen molar-refractivity contribution in [3.8, 4) is 11.5 Å². The van der Waals surface area contributed by atoms with Crippen molar-refractivity contribution >= 4 is 0 Å². The summed E-state index contributed by atoms with van der Waals surface area (Å²) in [6, 6.07) is 5.14. The first-order valence-corrected chi connectivity index (χ1v) is 4.75. The molecule has 2 atom stereocenters. The fourth-order valence-corrected chi connectivity index (χ4v) is 1.65. The van der Waals surface area contributed by atoms with Crippen molar-refractivity contribution in [2.45, 2.75) is 18.1 Å². The first-order chi connectivity index (χ1) is 7.11. The third-order valence-electron chi connectivity index (χ3n) is 2.78. The molecule has 4 nitrogen and oxygen atoms in total. The van der Waals surface area contributed by atoms with Gasteiger partial charge in [0.1, 0.15) is 5.60 Å². The van der Waals surface area contributed by atoms with E-state index in [1.165, 1.54) is 7.11 Å². The SMILES string of the molecule is COc1ccc(C2(O)CC2O)cc1OC. The molecule has 0 spiro atoms. The second-order valence-corrected chi connectivity index (χ2v) is 3.71. The van der Waals surface area contributed by atoms with Gasteiger partial charge in [-0.25, -0.2) is 0 Å². The number of hydrogen-bond acceptors (Lipinski definition) is 4. The van der Waals surface area contributed by atoms with Crippen LogP contribution in [0.3, 0.4) is 0 Å². The Bertz CT molecular complexity index is 377. The summed E-state index contributed by atoms with van der Waals surface area (Å²) in [6.07, 6.45) is -0.293. The van der Waals surface area contributed by atoms with Gasteiger partial charge in [-0.05, 0) is 17.7 Å². The van der Waals surface area contributed by atoms with Crippen LogP contribution in [0.4, 0.5) is 0 Å².